The smallest absolute Gasteiger partial charge is 0.244 e. The van der Waals surface area contributed by atoms with Crippen LogP contribution in [0.5, 0.6) is 0 Å². The molecule has 6 nitrogen and oxygen atoms in total. The average molecular weight is 314 g/mol. The third-order valence-corrected chi connectivity index (χ3v) is 4.12. The lowest BCUT2D eigenvalue weighted by atomic mass is 10.3. The van der Waals surface area contributed by atoms with Gasteiger partial charge in [-0.25, -0.2) is 8.42 Å². The Morgan fingerprint density at radius 3 is 2.76 bits per heavy atom. The summed E-state index contributed by atoms with van der Waals surface area (Å²) in [5.74, 6) is 0.862. The second kappa shape index (κ2) is 7.99. The molecule has 1 heterocycles. The molecule has 0 aliphatic heterocycles. The predicted molar refractivity (Wildman–Crippen MR) is 82.0 cm³/mol. The number of nitrogens with one attached hydrogen (secondary N) is 1. The number of furan rings is 1. The zero-order chi connectivity index (χ0) is 15.9. The van der Waals surface area contributed by atoms with E-state index >= 15 is 0 Å². The van der Waals surface area contributed by atoms with Crippen molar-refractivity contribution in [3.8, 4) is 0 Å². The Kier molecular flexibility index (Phi) is 6.64. The van der Waals surface area contributed by atoms with Gasteiger partial charge in [0.15, 0.2) is 0 Å². The minimum absolute atomic E-state index is 0.162. The van der Waals surface area contributed by atoms with E-state index in [-0.39, 0.29) is 12.5 Å². The molecule has 0 bridgehead atoms. The fourth-order valence-electron chi connectivity index (χ4n) is 1.51. The first-order chi connectivity index (χ1) is 9.82. The molecule has 0 spiro atoms. The first-order valence-corrected chi connectivity index (χ1v) is 8.63. The summed E-state index contributed by atoms with van der Waals surface area (Å²) in [7, 11) is -1.76. The van der Waals surface area contributed by atoms with E-state index in [1.807, 2.05) is 0 Å². The first-order valence-electron chi connectivity index (χ1n) is 6.79. The average Bonchev–Trinajstić information content (AvgIpc) is 2.83. The number of unbranched alkanes of at least 4 members (excludes halogenated alkanes) is 1. The lowest BCUT2D eigenvalue weighted by Crippen LogP contribution is -2.24. The summed E-state index contributed by atoms with van der Waals surface area (Å²) in [6.45, 7) is 2.87. The summed E-state index contributed by atoms with van der Waals surface area (Å²) in [4.78, 5) is 11.5. The Morgan fingerprint density at radius 2 is 2.14 bits per heavy atom. The molecule has 0 aromatic carbocycles. The maximum atomic E-state index is 11.5. The van der Waals surface area contributed by atoms with Crippen LogP contribution in [0.4, 0.5) is 0 Å². The van der Waals surface area contributed by atoms with E-state index in [0.717, 1.165) is 19.1 Å². The molecule has 1 N–H and O–H groups in total. The summed E-state index contributed by atoms with van der Waals surface area (Å²) in [6.07, 6.45) is 6.07. The van der Waals surface area contributed by atoms with Crippen LogP contribution in [0.2, 0.25) is 0 Å². The standard InChI is InChI=1S/C14H22N2O4S/c1-4-5-10-15-14(17)9-8-12-6-7-13(20-12)11-16(2)21(3,18)19/h6-9H,4-5,10-11H2,1-3H3,(H,15,17)/b9-8+. The Bertz CT molecular complexity index is 590. The highest BCUT2D eigenvalue weighted by atomic mass is 32.2. The number of sulfonamides is 1. The summed E-state index contributed by atoms with van der Waals surface area (Å²) in [6, 6.07) is 3.39. The zero-order valence-corrected chi connectivity index (χ0v) is 13.4. The van der Waals surface area contributed by atoms with Crippen LogP contribution in [0.25, 0.3) is 6.08 Å². The van der Waals surface area contributed by atoms with E-state index < -0.39 is 10.0 Å². The minimum Gasteiger partial charge on any atom is -0.460 e. The molecule has 1 amide bonds. The van der Waals surface area contributed by atoms with Gasteiger partial charge in [0.2, 0.25) is 15.9 Å². The second-order valence-electron chi connectivity index (χ2n) is 4.80. The number of carbonyl (C=O) groups is 1. The SMILES string of the molecule is CCCCNC(=O)/C=C/c1ccc(CN(C)S(C)(=O)=O)o1. The van der Waals surface area contributed by atoms with Crippen LogP contribution in [0.1, 0.15) is 31.3 Å². The van der Waals surface area contributed by atoms with Gasteiger partial charge in [-0.1, -0.05) is 13.3 Å². The molecular weight excluding hydrogens is 292 g/mol. The third-order valence-electron chi connectivity index (χ3n) is 2.86. The Morgan fingerprint density at radius 1 is 1.43 bits per heavy atom. The van der Waals surface area contributed by atoms with Crippen LogP contribution in [0.3, 0.4) is 0 Å². The first kappa shape index (κ1) is 17.5. The number of nitrogens with zero attached hydrogens (tertiary/aromatic N) is 1. The van der Waals surface area contributed by atoms with Crippen molar-refractivity contribution in [1.82, 2.24) is 9.62 Å². The van der Waals surface area contributed by atoms with Gasteiger partial charge in [-0.15, -0.1) is 0 Å². The van der Waals surface area contributed by atoms with Gasteiger partial charge in [-0.3, -0.25) is 4.79 Å². The molecule has 0 saturated carbocycles. The highest BCUT2D eigenvalue weighted by Crippen LogP contribution is 2.12. The van der Waals surface area contributed by atoms with Crippen molar-refractivity contribution in [1.29, 1.82) is 0 Å². The molecule has 7 heteroatoms. The van der Waals surface area contributed by atoms with Crippen molar-refractivity contribution < 1.29 is 17.6 Å². The van der Waals surface area contributed by atoms with Crippen molar-refractivity contribution in [2.45, 2.75) is 26.3 Å². The molecule has 118 valence electrons. The maximum absolute atomic E-state index is 11.5. The fourth-order valence-corrected chi connectivity index (χ4v) is 1.87. The molecule has 0 aliphatic rings. The molecule has 0 atom stereocenters. The van der Waals surface area contributed by atoms with Gasteiger partial charge in [-0.05, 0) is 24.6 Å². The fraction of sp³-hybridized carbons (Fsp3) is 0.500. The molecule has 21 heavy (non-hydrogen) atoms. The highest BCUT2D eigenvalue weighted by Gasteiger charge is 2.13. The molecule has 0 unspecified atom stereocenters. The molecule has 0 radical (unpaired) electrons. The highest BCUT2D eigenvalue weighted by molar-refractivity contribution is 7.88. The topological polar surface area (TPSA) is 79.6 Å². The lowest BCUT2D eigenvalue weighted by Gasteiger charge is -2.11. The van der Waals surface area contributed by atoms with E-state index in [1.54, 1.807) is 18.2 Å². The van der Waals surface area contributed by atoms with E-state index in [2.05, 4.69) is 12.2 Å². The minimum atomic E-state index is -3.24. The third kappa shape index (κ3) is 6.59. The number of hydrogen-bond donors (Lipinski definition) is 1. The van der Waals surface area contributed by atoms with Crippen LogP contribution in [-0.4, -0.2) is 38.5 Å². The summed E-state index contributed by atoms with van der Waals surface area (Å²) < 4.78 is 29.2. The summed E-state index contributed by atoms with van der Waals surface area (Å²) >= 11 is 0. The molecule has 0 fully saturated rings. The largest absolute Gasteiger partial charge is 0.460 e. The number of rotatable bonds is 8. The van der Waals surface area contributed by atoms with Crippen molar-refractivity contribution >= 4 is 22.0 Å². The Hall–Kier alpha value is -1.60. The molecule has 1 aromatic rings. The van der Waals surface area contributed by atoms with Crippen molar-refractivity contribution in [3.05, 3.63) is 29.7 Å². The van der Waals surface area contributed by atoms with Crippen molar-refractivity contribution in [2.24, 2.45) is 0 Å². The number of amides is 1. The molecule has 1 rings (SSSR count). The van der Waals surface area contributed by atoms with Crippen LogP contribution >= 0.6 is 0 Å². The van der Waals surface area contributed by atoms with Crippen LogP contribution in [0, 0.1) is 0 Å². The summed E-state index contributed by atoms with van der Waals surface area (Å²) in [5, 5.41) is 2.76. The molecule has 0 saturated heterocycles. The van der Waals surface area contributed by atoms with E-state index in [4.69, 9.17) is 4.42 Å². The van der Waals surface area contributed by atoms with E-state index in [9.17, 15) is 13.2 Å². The molecule has 0 aliphatic carbocycles. The number of carbonyl (C=O) groups excluding carboxylic acids is 1. The Balaban J connectivity index is 2.53. The lowest BCUT2D eigenvalue weighted by molar-refractivity contribution is -0.116. The van der Waals surface area contributed by atoms with Crippen LogP contribution in [-0.2, 0) is 21.4 Å². The predicted octanol–water partition coefficient (Wildman–Crippen LogP) is 1.60. The van der Waals surface area contributed by atoms with Crippen molar-refractivity contribution in [2.75, 3.05) is 19.8 Å². The molecular formula is C14H22N2O4S. The van der Waals surface area contributed by atoms with Gasteiger partial charge in [0, 0.05) is 19.7 Å². The van der Waals surface area contributed by atoms with Gasteiger partial charge in [-0.2, -0.15) is 4.31 Å². The maximum Gasteiger partial charge on any atom is 0.244 e. The van der Waals surface area contributed by atoms with Gasteiger partial charge in [0.25, 0.3) is 0 Å². The van der Waals surface area contributed by atoms with E-state index in [0.29, 0.717) is 18.1 Å². The van der Waals surface area contributed by atoms with Crippen LogP contribution < -0.4 is 5.32 Å². The van der Waals surface area contributed by atoms with Gasteiger partial charge >= 0.3 is 0 Å². The summed E-state index contributed by atoms with van der Waals surface area (Å²) in [5.41, 5.74) is 0. The van der Waals surface area contributed by atoms with Gasteiger partial charge in [0.1, 0.15) is 11.5 Å². The molecule has 1 aromatic heterocycles. The number of hydrogen-bond acceptors (Lipinski definition) is 4. The van der Waals surface area contributed by atoms with Crippen molar-refractivity contribution in [3.63, 3.8) is 0 Å². The normalized spacial score (nSPS) is 12.2. The Labute approximate surface area is 125 Å². The monoisotopic (exact) mass is 314 g/mol. The van der Waals surface area contributed by atoms with Crippen LogP contribution in [0.15, 0.2) is 22.6 Å². The quantitative estimate of drug-likeness (QED) is 0.584. The van der Waals surface area contributed by atoms with Gasteiger partial charge in [0.05, 0.1) is 12.8 Å². The zero-order valence-electron chi connectivity index (χ0n) is 12.6. The van der Waals surface area contributed by atoms with E-state index in [1.165, 1.54) is 17.4 Å². The van der Waals surface area contributed by atoms with Gasteiger partial charge < -0.3 is 9.73 Å². The second-order valence-corrected chi connectivity index (χ2v) is 6.89.